The van der Waals surface area contributed by atoms with Gasteiger partial charge in [0.1, 0.15) is 5.75 Å². The van der Waals surface area contributed by atoms with Crippen LogP contribution in [0.2, 0.25) is 5.02 Å². The van der Waals surface area contributed by atoms with Gasteiger partial charge in [0.05, 0.1) is 10.6 Å². The highest BCUT2D eigenvalue weighted by Gasteiger charge is 2.07. The van der Waals surface area contributed by atoms with E-state index in [0.717, 1.165) is 0 Å². The van der Waals surface area contributed by atoms with Crippen LogP contribution in [0.15, 0.2) is 18.2 Å². The zero-order chi connectivity index (χ0) is 9.14. The Hall–Kier alpha value is -1.06. The van der Waals surface area contributed by atoms with E-state index in [0.29, 0.717) is 5.56 Å². The molecule has 0 aliphatic heterocycles. The monoisotopic (exact) mass is 185 g/mol. The van der Waals surface area contributed by atoms with E-state index < -0.39 is 0 Å². The fourth-order valence-electron chi connectivity index (χ4n) is 0.778. The van der Waals surface area contributed by atoms with Gasteiger partial charge in [0.25, 0.3) is 0 Å². The molecule has 64 valence electrons. The number of quaternary nitrogens is 1. The maximum absolute atomic E-state index is 11.0. The summed E-state index contributed by atoms with van der Waals surface area (Å²) < 4.78 is 0. The number of hydrogen-bond donors (Lipinski definition) is 2. The van der Waals surface area contributed by atoms with E-state index >= 15 is 0 Å². The number of primary amides is 1. The number of rotatable bonds is 1. The molecule has 12 heavy (non-hydrogen) atoms. The number of carbonyl (C=O) groups excluding carboxylic acids is 1. The van der Waals surface area contributed by atoms with Gasteiger partial charge in [-0.3, -0.25) is 0 Å². The van der Waals surface area contributed by atoms with Crippen LogP contribution in [0.25, 0.3) is 0 Å². The predicted octanol–water partition coefficient (Wildman–Crippen LogP) is 0.541. The number of carbonyl (C=O) groups is 1. The van der Waals surface area contributed by atoms with Gasteiger partial charge in [-0.05, 0) is 18.2 Å². The van der Waals surface area contributed by atoms with E-state index in [1.165, 1.54) is 23.5 Å². The third kappa shape index (κ3) is 1.75. The Morgan fingerprint density at radius 1 is 1.58 bits per heavy atom. The Morgan fingerprint density at radius 2 is 2.25 bits per heavy atom. The second-order valence-electron chi connectivity index (χ2n) is 2.23. The zero-order valence-electron chi connectivity index (χ0n) is 6.25. The smallest absolute Gasteiger partial charge is 0.316 e. The fourth-order valence-corrected chi connectivity index (χ4v) is 0.959. The average Bonchev–Trinajstić information content (AvgIpc) is 2.08. The Bertz CT molecular complexity index is 312. The molecule has 1 rings (SSSR count). The highest BCUT2D eigenvalue weighted by Crippen LogP contribution is 2.22. The van der Waals surface area contributed by atoms with Crippen molar-refractivity contribution in [2.45, 2.75) is 0 Å². The first-order valence-electron chi connectivity index (χ1n) is 3.30. The molecule has 0 spiro atoms. The molecule has 0 aliphatic rings. The van der Waals surface area contributed by atoms with Crippen LogP contribution in [-0.2, 0) is 0 Å². The number of benzene rings is 1. The lowest BCUT2D eigenvalue weighted by molar-refractivity contribution is -0.489. The van der Waals surface area contributed by atoms with Crippen molar-refractivity contribution >= 4 is 17.5 Å². The van der Waals surface area contributed by atoms with Crippen LogP contribution in [0.4, 0.5) is 0 Å². The van der Waals surface area contributed by atoms with Crippen molar-refractivity contribution in [3.8, 4) is 5.75 Å². The summed E-state index contributed by atoms with van der Waals surface area (Å²) in [5.41, 5.74) is 0.424. The Balaban J connectivity index is 3.05. The largest absolute Gasteiger partial charge is 0.506 e. The topological polar surface area (TPSA) is 53.9 Å². The second kappa shape index (κ2) is 3.56. The summed E-state index contributed by atoms with van der Waals surface area (Å²) in [4.78, 5) is 11.0. The van der Waals surface area contributed by atoms with Gasteiger partial charge in [-0.1, -0.05) is 11.6 Å². The van der Waals surface area contributed by atoms with Crippen molar-refractivity contribution in [2.75, 3.05) is 0 Å². The summed E-state index contributed by atoms with van der Waals surface area (Å²) in [5, 5.41) is 10.4. The highest BCUT2D eigenvalue weighted by molar-refractivity contribution is 6.32. The standard InChI is InChI=1S/C8H8ClNO2/c1-10-8(12)5-2-3-7(11)6(9)4-5/h2-4,11H,1,10H2. The molecule has 0 bridgehead atoms. The molecular weight excluding hydrogens is 178 g/mol. The van der Waals surface area contributed by atoms with Gasteiger partial charge in [0.2, 0.25) is 0 Å². The first-order chi connectivity index (χ1) is 5.65. The van der Waals surface area contributed by atoms with Gasteiger partial charge in [-0.15, -0.1) is 7.05 Å². The summed E-state index contributed by atoms with van der Waals surface area (Å²) >= 11 is 5.58. The van der Waals surface area contributed by atoms with E-state index in [1.54, 1.807) is 0 Å². The van der Waals surface area contributed by atoms with Gasteiger partial charge in [0.15, 0.2) is 0 Å². The Labute approximate surface area is 75.0 Å². The van der Waals surface area contributed by atoms with Crippen LogP contribution >= 0.6 is 11.6 Å². The highest BCUT2D eigenvalue weighted by atomic mass is 35.5. The van der Waals surface area contributed by atoms with Crippen molar-refractivity contribution < 1.29 is 15.2 Å². The molecule has 1 aromatic carbocycles. The molecule has 0 unspecified atom stereocenters. The summed E-state index contributed by atoms with van der Waals surface area (Å²) in [6.07, 6.45) is 0. The molecule has 0 atom stereocenters. The van der Waals surface area contributed by atoms with Crippen LogP contribution in [0.3, 0.4) is 0 Å². The van der Waals surface area contributed by atoms with Crippen LogP contribution < -0.4 is 5.32 Å². The molecular formula is C8H8ClNO2. The van der Waals surface area contributed by atoms with Gasteiger partial charge >= 0.3 is 5.91 Å². The van der Waals surface area contributed by atoms with Gasteiger partial charge < -0.3 is 10.4 Å². The predicted molar refractivity (Wildman–Crippen MR) is 44.7 cm³/mol. The van der Waals surface area contributed by atoms with Gasteiger partial charge in [-0.2, -0.15) is 0 Å². The van der Waals surface area contributed by atoms with Gasteiger partial charge in [-0.25, -0.2) is 4.79 Å². The van der Waals surface area contributed by atoms with Gasteiger partial charge in [0, 0.05) is 0 Å². The average molecular weight is 186 g/mol. The lowest BCUT2D eigenvalue weighted by Gasteiger charge is -2.00. The minimum Gasteiger partial charge on any atom is -0.506 e. The molecule has 4 heteroatoms. The molecule has 0 aliphatic carbocycles. The third-order valence-corrected chi connectivity index (χ3v) is 1.72. The first kappa shape index (κ1) is 9.03. The third-order valence-electron chi connectivity index (χ3n) is 1.42. The number of nitrogens with two attached hydrogens (primary N) is 1. The molecule has 0 saturated heterocycles. The van der Waals surface area contributed by atoms with Crippen molar-refractivity contribution in [1.82, 2.24) is 0 Å². The van der Waals surface area contributed by atoms with E-state index in [2.05, 4.69) is 7.05 Å². The Morgan fingerprint density at radius 3 is 2.75 bits per heavy atom. The maximum Gasteiger partial charge on any atom is 0.316 e. The molecule has 0 heterocycles. The zero-order valence-corrected chi connectivity index (χ0v) is 7.01. The van der Waals surface area contributed by atoms with Crippen molar-refractivity contribution in [3.63, 3.8) is 0 Å². The molecule has 0 aromatic heterocycles. The second-order valence-corrected chi connectivity index (χ2v) is 2.64. The van der Waals surface area contributed by atoms with Crippen LogP contribution in [0.5, 0.6) is 5.75 Å². The fraction of sp³-hybridized carbons (Fsp3) is 0. The molecule has 0 radical (unpaired) electrons. The number of aromatic hydroxyl groups is 1. The lowest BCUT2D eigenvalue weighted by atomic mass is 10.2. The van der Waals surface area contributed by atoms with Crippen molar-refractivity contribution in [3.05, 3.63) is 35.8 Å². The summed E-state index contributed by atoms with van der Waals surface area (Å²) in [5.74, 6) is -0.242. The number of phenolic OH excluding ortho intramolecular Hbond substituents is 1. The lowest BCUT2D eigenvalue weighted by Crippen LogP contribution is -2.81. The first-order valence-corrected chi connectivity index (χ1v) is 3.68. The van der Waals surface area contributed by atoms with E-state index in [1.807, 2.05) is 0 Å². The van der Waals surface area contributed by atoms with E-state index in [4.69, 9.17) is 16.7 Å². The van der Waals surface area contributed by atoms with Crippen LogP contribution in [-0.4, -0.2) is 11.0 Å². The summed E-state index contributed by atoms with van der Waals surface area (Å²) in [7, 11) is 3.33. The molecule has 3 N–H and O–H groups in total. The minimum atomic E-state index is -0.211. The SMILES string of the molecule is [CH2-][NH2+]C(=O)c1ccc(O)c(Cl)c1. The molecule has 0 fully saturated rings. The number of hydrogen-bond acceptors (Lipinski definition) is 2. The normalized spacial score (nSPS) is 9.83. The molecule has 0 saturated carbocycles. The molecule has 3 nitrogen and oxygen atoms in total. The molecule has 1 amide bonds. The quantitative estimate of drug-likeness (QED) is 0.628. The number of phenols is 1. The molecule has 1 aromatic rings. The van der Waals surface area contributed by atoms with Crippen molar-refractivity contribution in [1.29, 1.82) is 0 Å². The Kier molecular flexibility index (Phi) is 2.68. The number of halogens is 1. The van der Waals surface area contributed by atoms with Crippen LogP contribution in [0.1, 0.15) is 10.4 Å². The van der Waals surface area contributed by atoms with E-state index in [-0.39, 0.29) is 16.7 Å². The summed E-state index contributed by atoms with van der Waals surface area (Å²) in [6.45, 7) is 0. The van der Waals surface area contributed by atoms with Crippen LogP contribution in [0, 0.1) is 7.05 Å². The number of amides is 1. The van der Waals surface area contributed by atoms with Crippen molar-refractivity contribution in [2.24, 2.45) is 0 Å². The maximum atomic E-state index is 11.0. The van der Waals surface area contributed by atoms with E-state index in [9.17, 15) is 4.79 Å². The summed E-state index contributed by atoms with van der Waals surface area (Å²) in [6, 6.07) is 4.27. The minimum absolute atomic E-state index is 0.0303.